The Morgan fingerprint density at radius 3 is 1.01 bits per heavy atom. The van der Waals surface area contributed by atoms with Gasteiger partial charge in [-0.15, -0.1) is 0 Å². The second-order valence-corrected chi connectivity index (χ2v) is 17.3. The van der Waals surface area contributed by atoms with Crippen molar-refractivity contribution in [2.45, 2.75) is 0 Å². The van der Waals surface area contributed by atoms with Crippen LogP contribution in [-0.4, -0.2) is 23.7 Å². The van der Waals surface area contributed by atoms with Gasteiger partial charge in [0.2, 0.25) is 0 Å². The van der Waals surface area contributed by atoms with Gasteiger partial charge < -0.3 is 13.7 Å². The first-order chi connectivity index (χ1) is 36.6. The second kappa shape index (κ2) is 15.7. The van der Waals surface area contributed by atoms with Crippen molar-refractivity contribution < 1.29 is 8.22 Å². The van der Waals surface area contributed by atoms with Gasteiger partial charge in [-0.25, -0.2) is 9.97 Å². The molecule has 0 saturated heterocycles. The Kier molecular flexibility index (Phi) is 7.53. The molecule has 0 saturated carbocycles. The van der Waals surface area contributed by atoms with Crippen molar-refractivity contribution in [3.63, 3.8) is 0 Å². The monoisotopic (exact) mass is 885 g/mol. The SMILES string of the molecule is [2H]c1ccc2c(c1)c1cc([2H])ccc1n2-c1cc(-c2cc(-c3ccc(-c4ccccc4)cc3)nc(-c3ccccc3)n2)cc(-n2c3ccc([2H])cc3c3cc([2H])ccc32)c1-n1c2ccc([2H])cc2c2cc([2H])ccc21. The maximum Gasteiger partial charge on any atom is 0.160 e. The van der Waals surface area contributed by atoms with Gasteiger partial charge in [-0.2, -0.15) is 0 Å². The predicted molar refractivity (Wildman–Crippen MR) is 287 cm³/mol. The van der Waals surface area contributed by atoms with Crippen LogP contribution < -0.4 is 0 Å². The van der Waals surface area contributed by atoms with E-state index < -0.39 is 0 Å². The fourth-order valence-corrected chi connectivity index (χ4v) is 10.4. The van der Waals surface area contributed by atoms with Crippen LogP contribution in [0.5, 0.6) is 0 Å². The largest absolute Gasteiger partial charge is 0.307 e. The minimum atomic E-state index is 0.343. The highest BCUT2D eigenvalue weighted by Gasteiger charge is 2.26. The standard InChI is InChI=1S/C64H41N5/c1-3-19-42(20-4-1)43-35-37-44(38-36-43)53-41-54(66-64(65-53)45-21-5-2-6-22-45)46-39-61(67-55-29-13-7-23-47(55)48-24-8-14-30-56(48)67)63(69-59-33-17-11-27-51(59)52-28-12-18-34-60(52)69)62(40-46)68-57-31-15-9-25-49(57)50-26-10-16-32-58(50)68/h1-41H/i7D,8D,9D,10D,11D,12D. The number of benzene rings is 10. The average molecular weight is 886 g/mol. The summed E-state index contributed by atoms with van der Waals surface area (Å²) in [7, 11) is 0. The van der Waals surface area contributed by atoms with E-state index in [-0.39, 0.29) is 0 Å². The number of hydrogen-bond acceptors (Lipinski definition) is 2. The van der Waals surface area contributed by atoms with Crippen molar-refractivity contribution >= 4 is 65.4 Å². The third-order valence-corrected chi connectivity index (χ3v) is 13.5. The van der Waals surface area contributed by atoms with Crippen LogP contribution in [0, 0.1) is 0 Å². The van der Waals surface area contributed by atoms with Gasteiger partial charge in [0.05, 0.1) is 69.8 Å². The van der Waals surface area contributed by atoms with Gasteiger partial charge in [0.25, 0.3) is 0 Å². The first-order valence-corrected chi connectivity index (χ1v) is 23.0. The van der Waals surface area contributed by atoms with Crippen molar-refractivity contribution in [1.29, 1.82) is 0 Å². The van der Waals surface area contributed by atoms with Gasteiger partial charge in [0.15, 0.2) is 5.82 Å². The molecule has 0 radical (unpaired) electrons. The summed E-state index contributed by atoms with van der Waals surface area (Å²) in [6.45, 7) is 0. The van der Waals surface area contributed by atoms with Gasteiger partial charge in [-0.1, -0.05) is 194 Å². The molecule has 14 aromatic rings. The zero-order valence-electron chi connectivity index (χ0n) is 42.9. The third-order valence-electron chi connectivity index (χ3n) is 13.5. The minimum absolute atomic E-state index is 0.343. The van der Waals surface area contributed by atoms with Crippen molar-refractivity contribution in [3.8, 4) is 62.1 Å². The lowest BCUT2D eigenvalue weighted by molar-refractivity contribution is 1.05. The number of aromatic nitrogens is 5. The quantitative estimate of drug-likeness (QED) is 0.160. The number of fused-ring (bicyclic) bond motifs is 9. The fourth-order valence-electron chi connectivity index (χ4n) is 10.4. The third kappa shape index (κ3) is 6.18. The molecule has 0 bridgehead atoms. The molecule has 69 heavy (non-hydrogen) atoms. The predicted octanol–water partition coefficient (Wildman–Crippen LogP) is 16.4. The Balaban J connectivity index is 1.18. The van der Waals surface area contributed by atoms with Crippen LogP contribution in [0.25, 0.3) is 128 Å². The Bertz CT molecular complexity index is 4330. The molecule has 4 heterocycles. The molecule has 5 nitrogen and oxygen atoms in total. The number of rotatable bonds is 7. The Morgan fingerprint density at radius 2 is 0.609 bits per heavy atom. The molecular formula is C64H41N5. The molecule has 14 rings (SSSR count). The summed E-state index contributed by atoms with van der Waals surface area (Å²) in [4.78, 5) is 10.7. The van der Waals surface area contributed by atoms with E-state index in [0.717, 1.165) is 116 Å². The van der Waals surface area contributed by atoms with E-state index >= 15 is 0 Å². The highest BCUT2D eigenvalue weighted by Crippen LogP contribution is 2.45. The molecule has 0 atom stereocenters. The fraction of sp³-hybridized carbons (Fsp3) is 0. The summed E-state index contributed by atoms with van der Waals surface area (Å²) >= 11 is 0. The molecule has 5 heteroatoms. The van der Waals surface area contributed by atoms with E-state index in [9.17, 15) is 0 Å². The zero-order valence-corrected chi connectivity index (χ0v) is 36.9. The molecule has 0 aliphatic carbocycles. The molecule has 0 N–H and O–H groups in total. The number of nitrogens with zero attached hydrogens (tertiary/aromatic N) is 5. The summed E-state index contributed by atoms with van der Waals surface area (Å²) in [5.41, 5.74) is 13.3. The van der Waals surface area contributed by atoms with E-state index in [1.165, 1.54) is 0 Å². The van der Waals surface area contributed by atoms with Crippen LogP contribution in [0.3, 0.4) is 0 Å². The van der Waals surface area contributed by atoms with E-state index in [4.69, 9.17) is 18.2 Å². The summed E-state index contributed by atoms with van der Waals surface area (Å²) < 4.78 is 59.8. The van der Waals surface area contributed by atoms with Crippen molar-refractivity contribution in [1.82, 2.24) is 23.7 Å². The molecular weight excluding hydrogens is 839 g/mol. The maximum atomic E-state index is 8.86. The van der Waals surface area contributed by atoms with E-state index in [2.05, 4.69) is 62.2 Å². The van der Waals surface area contributed by atoms with Crippen LogP contribution in [0.2, 0.25) is 0 Å². The molecule has 0 fully saturated rings. The minimum Gasteiger partial charge on any atom is -0.307 e. The van der Waals surface area contributed by atoms with Crippen LogP contribution in [-0.2, 0) is 0 Å². The van der Waals surface area contributed by atoms with Crippen LogP contribution >= 0.6 is 0 Å². The lowest BCUT2D eigenvalue weighted by Gasteiger charge is -2.23. The van der Waals surface area contributed by atoms with Gasteiger partial charge >= 0.3 is 0 Å². The lowest BCUT2D eigenvalue weighted by atomic mass is 10.0. The molecule has 322 valence electrons. The highest BCUT2D eigenvalue weighted by molar-refractivity contribution is 6.14. The molecule has 0 spiro atoms. The molecule has 0 aliphatic rings. The van der Waals surface area contributed by atoms with Crippen LogP contribution in [0.4, 0.5) is 0 Å². The number of hydrogen-bond donors (Lipinski definition) is 0. The van der Waals surface area contributed by atoms with Crippen molar-refractivity contribution in [2.24, 2.45) is 0 Å². The van der Waals surface area contributed by atoms with Crippen LogP contribution in [0.15, 0.2) is 249 Å². The van der Waals surface area contributed by atoms with Gasteiger partial charge in [-0.05, 0) is 65.7 Å². The second-order valence-electron chi connectivity index (χ2n) is 17.3. The lowest BCUT2D eigenvalue weighted by Crippen LogP contribution is -2.10. The molecule has 0 amide bonds. The molecule has 0 unspecified atom stereocenters. The van der Waals surface area contributed by atoms with E-state index in [1.54, 1.807) is 36.4 Å². The smallest absolute Gasteiger partial charge is 0.160 e. The highest BCUT2D eigenvalue weighted by atomic mass is 15.1. The van der Waals surface area contributed by atoms with Crippen molar-refractivity contribution in [3.05, 3.63) is 249 Å². The normalized spacial score (nSPS) is 13.0. The zero-order chi connectivity index (χ0) is 50.6. The van der Waals surface area contributed by atoms with Crippen LogP contribution in [0.1, 0.15) is 8.22 Å². The van der Waals surface area contributed by atoms with Crippen molar-refractivity contribution in [2.75, 3.05) is 0 Å². The molecule has 4 aromatic heterocycles. The molecule has 10 aromatic carbocycles. The Hall–Kier alpha value is -9.32. The first kappa shape index (κ1) is 33.2. The Labute approximate surface area is 406 Å². The summed E-state index contributed by atoms with van der Waals surface area (Å²) in [6, 6.07) is 71.0. The summed E-state index contributed by atoms with van der Waals surface area (Å²) in [5.74, 6) is 0.549. The van der Waals surface area contributed by atoms with Gasteiger partial charge in [0.1, 0.15) is 0 Å². The summed E-state index contributed by atoms with van der Waals surface area (Å²) in [5, 5.41) is 4.92. The average Bonchev–Trinajstić information content (AvgIpc) is 4.04. The van der Waals surface area contributed by atoms with E-state index in [1.807, 2.05) is 127 Å². The summed E-state index contributed by atoms with van der Waals surface area (Å²) in [6.07, 6.45) is 0. The maximum absolute atomic E-state index is 8.86. The van der Waals surface area contributed by atoms with E-state index in [0.29, 0.717) is 47.8 Å². The van der Waals surface area contributed by atoms with Gasteiger partial charge in [-0.3, -0.25) is 0 Å². The topological polar surface area (TPSA) is 40.6 Å². The molecule has 0 aliphatic heterocycles. The van der Waals surface area contributed by atoms with Gasteiger partial charge in [0, 0.05) is 49.0 Å². The Morgan fingerprint density at radius 1 is 0.275 bits per heavy atom. The first-order valence-electron chi connectivity index (χ1n) is 26.0. The number of para-hydroxylation sites is 6.